The number of aryl methyl sites for hydroxylation is 3. The molecule has 2 aromatic heterocycles. The van der Waals surface area contributed by atoms with Gasteiger partial charge in [0.2, 0.25) is 0 Å². The molecule has 29 heavy (non-hydrogen) atoms. The van der Waals surface area contributed by atoms with Crippen LogP contribution >= 0.6 is 11.3 Å². The average molecular weight is 415 g/mol. The molecule has 0 saturated carbocycles. The van der Waals surface area contributed by atoms with E-state index in [1.54, 1.807) is 15.9 Å². The highest BCUT2D eigenvalue weighted by Gasteiger charge is 2.19. The summed E-state index contributed by atoms with van der Waals surface area (Å²) in [4.78, 5) is 31.8. The molecule has 2 aliphatic rings. The van der Waals surface area contributed by atoms with E-state index in [1.807, 2.05) is 19.2 Å². The summed E-state index contributed by atoms with van der Waals surface area (Å²) in [6.45, 7) is 4.98. The first-order valence-electron chi connectivity index (χ1n) is 10.8. The predicted octanol–water partition coefficient (Wildman–Crippen LogP) is 2.46. The molecule has 1 fully saturated rings. The quantitative estimate of drug-likeness (QED) is 0.761. The monoisotopic (exact) mass is 414 g/mol. The molecule has 6 nitrogen and oxygen atoms in total. The molecule has 1 unspecified atom stereocenters. The number of nitrogens with zero attached hydrogens (tertiary/aromatic N) is 2. The second-order valence-electron chi connectivity index (χ2n) is 8.23. The Kier molecular flexibility index (Phi) is 6.45. The van der Waals surface area contributed by atoms with Crippen LogP contribution in [0.4, 0.5) is 0 Å². The molecule has 0 spiro atoms. The third-order valence-corrected chi connectivity index (χ3v) is 7.19. The van der Waals surface area contributed by atoms with Gasteiger partial charge >= 0.3 is 0 Å². The Hall–Kier alpha value is -1.99. The summed E-state index contributed by atoms with van der Waals surface area (Å²) < 4.78 is 1.70. The van der Waals surface area contributed by atoms with Crippen LogP contribution in [0.25, 0.3) is 0 Å². The van der Waals surface area contributed by atoms with Crippen molar-refractivity contribution < 1.29 is 4.79 Å². The van der Waals surface area contributed by atoms with Crippen LogP contribution in [0.5, 0.6) is 0 Å². The molecule has 7 heteroatoms. The van der Waals surface area contributed by atoms with Crippen molar-refractivity contribution in [2.75, 3.05) is 19.6 Å². The molecule has 156 valence electrons. The Morgan fingerprint density at radius 3 is 3.00 bits per heavy atom. The lowest BCUT2D eigenvalue weighted by atomic mass is 9.99. The largest absolute Gasteiger partial charge is 0.351 e. The third-order valence-electron chi connectivity index (χ3n) is 5.97. The zero-order chi connectivity index (χ0) is 20.2. The lowest BCUT2D eigenvalue weighted by Crippen LogP contribution is -2.38. The fraction of sp³-hybridized carbons (Fsp3) is 0.591. The molecule has 3 heterocycles. The molecular weight excluding hydrogens is 384 g/mol. The van der Waals surface area contributed by atoms with E-state index in [2.05, 4.69) is 10.6 Å². The maximum Gasteiger partial charge on any atom is 0.263 e. The van der Waals surface area contributed by atoms with Crippen LogP contribution in [-0.2, 0) is 25.8 Å². The van der Waals surface area contributed by atoms with Gasteiger partial charge < -0.3 is 15.2 Å². The summed E-state index contributed by atoms with van der Waals surface area (Å²) in [7, 11) is 0. The van der Waals surface area contributed by atoms with Crippen LogP contribution in [0, 0.1) is 12.8 Å². The van der Waals surface area contributed by atoms with Gasteiger partial charge in [0.1, 0.15) is 5.56 Å². The first-order chi connectivity index (χ1) is 14.1. The summed E-state index contributed by atoms with van der Waals surface area (Å²) in [6.07, 6.45) is 9.49. The lowest BCUT2D eigenvalue weighted by Gasteiger charge is -2.23. The van der Waals surface area contributed by atoms with Crippen molar-refractivity contribution in [2.45, 2.75) is 58.4 Å². The number of amides is 1. The molecule has 2 N–H and O–H groups in total. The first kappa shape index (κ1) is 20.3. The number of pyridine rings is 1. The summed E-state index contributed by atoms with van der Waals surface area (Å²) in [6, 6.07) is 1.88. The van der Waals surface area contributed by atoms with E-state index in [0.717, 1.165) is 55.8 Å². The molecule has 0 aromatic carbocycles. The average Bonchev–Trinajstić information content (AvgIpc) is 3.14. The number of rotatable bonds is 6. The van der Waals surface area contributed by atoms with Gasteiger partial charge in [-0.1, -0.05) is 0 Å². The highest BCUT2D eigenvalue weighted by atomic mass is 32.1. The van der Waals surface area contributed by atoms with Crippen molar-refractivity contribution >= 4 is 17.2 Å². The summed E-state index contributed by atoms with van der Waals surface area (Å²) in [5.41, 5.74) is 2.07. The maximum atomic E-state index is 12.9. The highest BCUT2D eigenvalue weighted by molar-refractivity contribution is 7.11. The maximum absolute atomic E-state index is 12.9. The fourth-order valence-electron chi connectivity index (χ4n) is 4.33. The van der Waals surface area contributed by atoms with Gasteiger partial charge in [-0.3, -0.25) is 9.59 Å². The molecule has 1 atom stereocenters. The van der Waals surface area contributed by atoms with Crippen LogP contribution in [-0.4, -0.2) is 35.1 Å². The van der Waals surface area contributed by atoms with Gasteiger partial charge in [0.25, 0.3) is 11.5 Å². The fourth-order valence-corrected chi connectivity index (χ4v) is 5.48. The Balaban J connectivity index is 1.39. The molecule has 0 radical (unpaired) electrons. The van der Waals surface area contributed by atoms with Crippen molar-refractivity contribution in [3.05, 3.63) is 49.3 Å². The number of hydrogen-bond donors (Lipinski definition) is 2. The topological polar surface area (TPSA) is 76.0 Å². The summed E-state index contributed by atoms with van der Waals surface area (Å²) >= 11 is 1.78. The Bertz CT molecular complexity index is 904. The van der Waals surface area contributed by atoms with Gasteiger partial charge in [0.05, 0.1) is 10.7 Å². The van der Waals surface area contributed by atoms with Crippen molar-refractivity contribution in [1.82, 2.24) is 20.2 Å². The molecule has 1 amide bonds. The number of hydrogen-bond acceptors (Lipinski definition) is 5. The minimum absolute atomic E-state index is 0.183. The van der Waals surface area contributed by atoms with E-state index in [9.17, 15) is 9.59 Å². The van der Waals surface area contributed by atoms with Gasteiger partial charge in [-0.2, -0.15) is 0 Å². The van der Waals surface area contributed by atoms with Crippen molar-refractivity contribution in [1.29, 1.82) is 0 Å². The second-order valence-corrected chi connectivity index (χ2v) is 9.40. The molecule has 1 aliphatic carbocycles. The van der Waals surface area contributed by atoms with Gasteiger partial charge in [0, 0.05) is 30.6 Å². The van der Waals surface area contributed by atoms with Crippen molar-refractivity contribution in [3.8, 4) is 0 Å². The number of carbonyl (C=O) groups is 1. The highest BCUT2D eigenvalue weighted by Crippen LogP contribution is 2.26. The number of nitrogens with one attached hydrogen (secondary N) is 2. The van der Waals surface area contributed by atoms with E-state index in [1.165, 1.54) is 23.4 Å². The lowest BCUT2D eigenvalue weighted by molar-refractivity contribution is 0.0951. The van der Waals surface area contributed by atoms with Gasteiger partial charge in [-0.05, 0) is 76.1 Å². The standard InChI is InChI=1S/C22H30N4O2S/c1-15-9-12-26(14-16-5-4-10-23-13-16)22(28)20(15)21(27)24-11-8-19-25-17-6-2-3-7-18(17)29-19/h9,12,16,23H,2-8,10-11,13-14H2,1H3,(H,24,27). The number of piperidine rings is 1. The molecule has 0 bridgehead atoms. The minimum atomic E-state index is -0.273. The van der Waals surface area contributed by atoms with Crippen molar-refractivity contribution in [3.63, 3.8) is 0 Å². The number of carbonyl (C=O) groups excluding carboxylic acids is 1. The van der Waals surface area contributed by atoms with E-state index in [4.69, 9.17) is 4.98 Å². The van der Waals surface area contributed by atoms with E-state index in [-0.39, 0.29) is 17.0 Å². The molecule has 2 aromatic rings. The Labute approximate surface area is 175 Å². The number of aromatic nitrogens is 2. The molecule has 1 aliphatic heterocycles. The van der Waals surface area contributed by atoms with E-state index < -0.39 is 0 Å². The van der Waals surface area contributed by atoms with Crippen LogP contribution in [0.15, 0.2) is 17.1 Å². The van der Waals surface area contributed by atoms with Crippen LogP contribution in [0.1, 0.15) is 57.2 Å². The second kappa shape index (κ2) is 9.22. The van der Waals surface area contributed by atoms with E-state index >= 15 is 0 Å². The first-order valence-corrected chi connectivity index (χ1v) is 11.6. The minimum Gasteiger partial charge on any atom is -0.351 e. The van der Waals surface area contributed by atoms with Crippen molar-refractivity contribution in [2.24, 2.45) is 5.92 Å². The number of fused-ring (bicyclic) bond motifs is 1. The SMILES string of the molecule is Cc1ccn(CC2CCCNC2)c(=O)c1C(=O)NCCc1nc2c(s1)CCCC2. The Morgan fingerprint density at radius 1 is 1.34 bits per heavy atom. The normalized spacial score (nSPS) is 19.0. The van der Waals surface area contributed by atoms with Gasteiger partial charge in [-0.15, -0.1) is 11.3 Å². The third kappa shape index (κ3) is 4.78. The zero-order valence-corrected chi connectivity index (χ0v) is 17.9. The molecule has 1 saturated heterocycles. The number of thiazole rings is 1. The van der Waals surface area contributed by atoms with Gasteiger partial charge in [-0.25, -0.2) is 4.98 Å². The van der Waals surface area contributed by atoms with Gasteiger partial charge in [0.15, 0.2) is 0 Å². The van der Waals surface area contributed by atoms with Crippen LogP contribution < -0.4 is 16.2 Å². The summed E-state index contributed by atoms with van der Waals surface area (Å²) in [5, 5.41) is 7.41. The van der Waals surface area contributed by atoms with E-state index in [0.29, 0.717) is 19.0 Å². The molecule has 4 rings (SSSR count). The molecular formula is C22H30N4O2S. The smallest absolute Gasteiger partial charge is 0.263 e. The predicted molar refractivity (Wildman–Crippen MR) is 116 cm³/mol. The summed E-state index contributed by atoms with van der Waals surface area (Å²) in [5.74, 6) is 0.168. The zero-order valence-electron chi connectivity index (χ0n) is 17.1. The van der Waals surface area contributed by atoms with Crippen LogP contribution in [0.3, 0.4) is 0 Å². The van der Waals surface area contributed by atoms with Crippen LogP contribution in [0.2, 0.25) is 0 Å². The Morgan fingerprint density at radius 2 is 2.21 bits per heavy atom.